The number of carbonyl (C=O) groups is 1. The molecule has 0 saturated heterocycles. The van der Waals surface area contributed by atoms with E-state index in [4.69, 9.17) is 11.6 Å². The molecule has 0 aromatic carbocycles. The number of nitrogens with one attached hydrogen (secondary N) is 1. The van der Waals surface area contributed by atoms with Gasteiger partial charge in [0.15, 0.2) is 0 Å². The number of rotatable bonds is 5. The second kappa shape index (κ2) is 6.47. The van der Waals surface area contributed by atoms with Crippen molar-refractivity contribution in [3.05, 3.63) is 0 Å². The van der Waals surface area contributed by atoms with Crippen molar-refractivity contribution < 1.29 is 4.79 Å². The Morgan fingerprint density at radius 1 is 1.26 bits per heavy atom. The van der Waals surface area contributed by atoms with E-state index in [0.29, 0.717) is 17.7 Å². The Hall–Kier alpha value is -0.240. The van der Waals surface area contributed by atoms with Gasteiger partial charge in [-0.15, -0.1) is 11.6 Å². The normalized spacial score (nSPS) is 29.9. The molecule has 0 radical (unpaired) electrons. The van der Waals surface area contributed by atoms with E-state index in [2.05, 4.69) is 19.2 Å². The van der Waals surface area contributed by atoms with Crippen LogP contribution < -0.4 is 5.32 Å². The minimum absolute atomic E-state index is 0.0748. The Labute approximate surface area is 122 Å². The average molecular weight is 286 g/mol. The maximum Gasteiger partial charge on any atom is 0.226 e. The molecule has 2 rings (SSSR count). The van der Waals surface area contributed by atoms with Gasteiger partial charge in [-0.25, -0.2) is 0 Å². The van der Waals surface area contributed by atoms with Crippen molar-refractivity contribution >= 4 is 17.5 Å². The minimum Gasteiger partial charge on any atom is -0.355 e. The standard InChI is InChI=1S/C16H28ClNO/c1-12(2)10-16(8-3-4-9-16)15(19)18-11-13-6-5-7-14(13)17/h12-14H,3-11H2,1-2H3,(H,18,19). The zero-order chi connectivity index (χ0) is 13.9. The minimum atomic E-state index is -0.0748. The van der Waals surface area contributed by atoms with E-state index in [-0.39, 0.29) is 10.8 Å². The van der Waals surface area contributed by atoms with Crippen molar-refractivity contribution in [3.63, 3.8) is 0 Å². The van der Waals surface area contributed by atoms with Gasteiger partial charge in [0.05, 0.1) is 0 Å². The van der Waals surface area contributed by atoms with Crippen LogP contribution in [0.5, 0.6) is 0 Å². The summed E-state index contributed by atoms with van der Waals surface area (Å²) in [5.41, 5.74) is -0.0748. The van der Waals surface area contributed by atoms with Crippen LogP contribution in [0.25, 0.3) is 0 Å². The van der Waals surface area contributed by atoms with Gasteiger partial charge < -0.3 is 5.32 Å². The Bertz CT molecular complexity index is 310. The zero-order valence-electron chi connectivity index (χ0n) is 12.4. The molecule has 2 aliphatic carbocycles. The highest BCUT2D eigenvalue weighted by Gasteiger charge is 2.41. The Balaban J connectivity index is 1.89. The van der Waals surface area contributed by atoms with Crippen LogP contribution in [0.15, 0.2) is 0 Å². The van der Waals surface area contributed by atoms with Crippen LogP contribution in [0.4, 0.5) is 0 Å². The first-order valence-corrected chi connectivity index (χ1v) is 8.39. The summed E-state index contributed by atoms with van der Waals surface area (Å²) in [4.78, 5) is 12.6. The van der Waals surface area contributed by atoms with Crippen molar-refractivity contribution in [1.82, 2.24) is 5.32 Å². The van der Waals surface area contributed by atoms with Gasteiger partial charge in [0, 0.05) is 17.3 Å². The lowest BCUT2D eigenvalue weighted by molar-refractivity contribution is -0.132. The number of hydrogen-bond donors (Lipinski definition) is 1. The fraction of sp³-hybridized carbons (Fsp3) is 0.938. The number of carbonyl (C=O) groups excluding carboxylic acids is 1. The predicted molar refractivity (Wildman–Crippen MR) is 80.3 cm³/mol. The largest absolute Gasteiger partial charge is 0.355 e. The van der Waals surface area contributed by atoms with E-state index in [0.717, 1.165) is 32.2 Å². The Kier molecular flexibility index (Phi) is 5.16. The Morgan fingerprint density at radius 2 is 1.95 bits per heavy atom. The average Bonchev–Trinajstić information content (AvgIpc) is 2.96. The first kappa shape index (κ1) is 15.2. The van der Waals surface area contributed by atoms with Crippen LogP contribution in [0.3, 0.4) is 0 Å². The van der Waals surface area contributed by atoms with E-state index in [1.54, 1.807) is 0 Å². The quantitative estimate of drug-likeness (QED) is 0.757. The van der Waals surface area contributed by atoms with Gasteiger partial charge in [-0.1, -0.05) is 33.1 Å². The topological polar surface area (TPSA) is 29.1 Å². The fourth-order valence-electron chi connectivity index (χ4n) is 3.99. The maximum atomic E-state index is 12.6. The van der Waals surface area contributed by atoms with E-state index in [1.807, 2.05) is 0 Å². The monoisotopic (exact) mass is 285 g/mol. The third-order valence-electron chi connectivity index (χ3n) is 4.93. The lowest BCUT2D eigenvalue weighted by Crippen LogP contribution is -2.42. The zero-order valence-corrected chi connectivity index (χ0v) is 13.1. The number of hydrogen-bond acceptors (Lipinski definition) is 1. The van der Waals surface area contributed by atoms with Gasteiger partial charge in [-0.05, 0) is 43.9 Å². The van der Waals surface area contributed by atoms with E-state index in [9.17, 15) is 4.79 Å². The molecule has 0 spiro atoms. The smallest absolute Gasteiger partial charge is 0.226 e. The lowest BCUT2D eigenvalue weighted by atomic mass is 9.77. The summed E-state index contributed by atoms with van der Waals surface area (Å²) in [6.07, 6.45) is 9.10. The summed E-state index contributed by atoms with van der Waals surface area (Å²) in [5.74, 6) is 1.38. The maximum absolute atomic E-state index is 12.6. The highest BCUT2D eigenvalue weighted by Crippen LogP contribution is 2.43. The summed E-state index contributed by atoms with van der Waals surface area (Å²) < 4.78 is 0. The van der Waals surface area contributed by atoms with Gasteiger partial charge >= 0.3 is 0 Å². The van der Waals surface area contributed by atoms with Crippen LogP contribution in [0, 0.1) is 17.3 Å². The third-order valence-corrected chi connectivity index (χ3v) is 5.51. The summed E-state index contributed by atoms with van der Waals surface area (Å²) in [7, 11) is 0. The van der Waals surface area contributed by atoms with Gasteiger partial charge in [0.25, 0.3) is 0 Å². The van der Waals surface area contributed by atoms with Crippen molar-refractivity contribution in [2.75, 3.05) is 6.54 Å². The van der Waals surface area contributed by atoms with Crippen LogP contribution in [-0.4, -0.2) is 17.8 Å². The molecule has 2 fully saturated rings. The molecule has 0 heterocycles. The summed E-state index contributed by atoms with van der Waals surface area (Å²) in [5, 5.41) is 3.49. The second-order valence-electron chi connectivity index (χ2n) is 7.00. The molecule has 3 heteroatoms. The van der Waals surface area contributed by atoms with Crippen LogP contribution in [-0.2, 0) is 4.79 Å². The van der Waals surface area contributed by atoms with Crippen molar-refractivity contribution in [1.29, 1.82) is 0 Å². The molecule has 110 valence electrons. The fourth-order valence-corrected chi connectivity index (χ4v) is 4.36. The number of amides is 1. The molecule has 0 aliphatic heterocycles. The van der Waals surface area contributed by atoms with Gasteiger partial charge in [0.2, 0.25) is 5.91 Å². The molecular formula is C16H28ClNO. The summed E-state index contributed by atoms with van der Waals surface area (Å²) >= 11 is 6.29. The van der Waals surface area contributed by atoms with Crippen molar-refractivity contribution in [3.8, 4) is 0 Å². The third kappa shape index (κ3) is 3.65. The number of alkyl halides is 1. The molecule has 1 amide bonds. The summed E-state index contributed by atoms with van der Waals surface area (Å²) in [6.45, 7) is 5.23. The van der Waals surface area contributed by atoms with Crippen molar-refractivity contribution in [2.45, 2.75) is 70.6 Å². The molecule has 19 heavy (non-hydrogen) atoms. The molecule has 2 aliphatic rings. The highest BCUT2D eigenvalue weighted by molar-refractivity contribution is 6.21. The Morgan fingerprint density at radius 3 is 2.47 bits per heavy atom. The SMILES string of the molecule is CC(C)CC1(C(=O)NCC2CCCC2Cl)CCCC1. The van der Waals surface area contributed by atoms with E-state index < -0.39 is 0 Å². The second-order valence-corrected chi connectivity index (χ2v) is 7.56. The molecule has 2 atom stereocenters. The summed E-state index contributed by atoms with van der Waals surface area (Å²) in [6, 6.07) is 0. The lowest BCUT2D eigenvalue weighted by Gasteiger charge is -2.30. The van der Waals surface area contributed by atoms with Gasteiger partial charge in [-0.2, -0.15) is 0 Å². The van der Waals surface area contributed by atoms with Crippen LogP contribution in [0.2, 0.25) is 0 Å². The van der Waals surface area contributed by atoms with Gasteiger partial charge in [0.1, 0.15) is 0 Å². The van der Waals surface area contributed by atoms with Crippen molar-refractivity contribution in [2.24, 2.45) is 17.3 Å². The van der Waals surface area contributed by atoms with Gasteiger partial charge in [-0.3, -0.25) is 4.79 Å². The highest BCUT2D eigenvalue weighted by atomic mass is 35.5. The number of halogens is 1. The molecule has 0 bridgehead atoms. The first-order valence-electron chi connectivity index (χ1n) is 7.96. The van der Waals surface area contributed by atoms with Crippen LogP contribution >= 0.6 is 11.6 Å². The van der Waals surface area contributed by atoms with E-state index >= 15 is 0 Å². The molecule has 1 N–H and O–H groups in total. The molecule has 0 aromatic heterocycles. The molecule has 2 unspecified atom stereocenters. The molecule has 0 aromatic rings. The molecule has 2 nitrogen and oxygen atoms in total. The molecule has 2 saturated carbocycles. The van der Waals surface area contributed by atoms with Crippen LogP contribution in [0.1, 0.15) is 65.2 Å². The predicted octanol–water partition coefficient (Wildman–Crippen LogP) is 4.12. The molecular weight excluding hydrogens is 258 g/mol. The van der Waals surface area contributed by atoms with E-state index in [1.165, 1.54) is 25.7 Å². The first-order chi connectivity index (χ1) is 9.03.